The second kappa shape index (κ2) is 5.30. The van der Waals surface area contributed by atoms with Gasteiger partial charge in [-0.1, -0.05) is 13.0 Å². The van der Waals surface area contributed by atoms with Crippen LogP contribution in [0.2, 0.25) is 0 Å². The lowest BCUT2D eigenvalue weighted by atomic mass is 9.91. The van der Waals surface area contributed by atoms with Crippen LogP contribution < -0.4 is 4.90 Å². The number of aromatic nitrogens is 1. The first-order valence-electron chi connectivity index (χ1n) is 6.34. The topological polar surface area (TPSA) is 53.4 Å². The highest BCUT2D eigenvalue weighted by Crippen LogP contribution is 2.32. The van der Waals surface area contributed by atoms with Crippen molar-refractivity contribution >= 4 is 11.8 Å². The molecule has 2 unspecified atom stereocenters. The molecule has 1 aliphatic rings. The molecule has 1 N–H and O–H groups in total. The molecule has 2 rings (SSSR count). The van der Waals surface area contributed by atoms with Gasteiger partial charge in [-0.25, -0.2) is 9.78 Å². The number of anilines is 1. The van der Waals surface area contributed by atoms with Gasteiger partial charge < -0.3 is 10.0 Å². The van der Waals surface area contributed by atoms with Crippen LogP contribution in [0, 0.1) is 5.92 Å². The lowest BCUT2D eigenvalue weighted by molar-refractivity contribution is -0.141. The normalized spacial score (nSPS) is 23.7. The quantitative estimate of drug-likeness (QED) is 0.909. The third kappa shape index (κ3) is 2.86. The van der Waals surface area contributed by atoms with Crippen LogP contribution in [0.25, 0.3) is 0 Å². The molecule has 2 atom stereocenters. The summed E-state index contributed by atoms with van der Waals surface area (Å²) in [7, 11) is 0. The van der Waals surface area contributed by atoms with Crippen LogP contribution in [-0.2, 0) is 11.0 Å². The average Bonchev–Trinajstić information content (AvgIpc) is 2.37. The highest BCUT2D eigenvalue weighted by molar-refractivity contribution is 5.78. The van der Waals surface area contributed by atoms with Crippen LogP contribution in [0.5, 0.6) is 0 Å². The standard InChI is InChI=1S/C13H15F3N2O2/c1-8-4-3-7-18(11(8)12(19)20)10-6-2-5-9(17-10)13(14,15)16/h2,5-6,8,11H,3-4,7H2,1H3,(H,19,20). The second-order valence-electron chi connectivity index (χ2n) is 4.97. The van der Waals surface area contributed by atoms with Crippen LogP contribution in [0.4, 0.5) is 19.0 Å². The molecule has 0 amide bonds. The number of piperidine rings is 1. The number of carboxylic acid groups (broad SMARTS) is 1. The van der Waals surface area contributed by atoms with Gasteiger partial charge in [0.1, 0.15) is 17.6 Å². The van der Waals surface area contributed by atoms with E-state index in [9.17, 15) is 23.1 Å². The highest BCUT2D eigenvalue weighted by atomic mass is 19.4. The van der Waals surface area contributed by atoms with Crippen LogP contribution >= 0.6 is 0 Å². The van der Waals surface area contributed by atoms with Crippen LogP contribution in [-0.4, -0.2) is 28.6 Å². The van der Waals surface area contributed by atoms with Gasteiger partial charge in [0, 0.05) is 6.54 Å². The Bertz CT molecular complexity index is 505. The molecular formula is C13H15F3N2O2. The Hall–Kier alpha value is -1.79. The summed E-state index contributed by atoms with van der Waals surface area (Å²) in [5, 5.41) is 9.28. The van der Waals surface area contributed by atoms with Crippen molar-refractivity contribution in [3.05, 3.63) is 23.9 Å². The van der Waals surface area contributed by atoms with Crippen LogP contribution in [0.1, 0.15) is 25.5 Å². The SMILES string of the molecule is CC1CCCN(c2cccc(C(F)(F)F)n2)C1C(=O)O. The van der Waals surface area contributed by atoms with Gasteiger partial charge in [-0.3, -0.25) is 0 Å². The lowest BCUT2D eigenvalue weighted by Crippen LogP contribution is -2.49. The van der Waals surface area contributed by atoms with E-state index in [1.165, 1.54) is 17.0 Å². The Morgan fingerprint density at radius 3 is 2.75 bits per heavy atom. The van der Waals surface area contributed by atoms with Crippen molar-refractivity contribution in [1.82, 2.24) is 4.98 Å². The van der Waals surface area contributed by atoms with Gasteiger partial charge in [-0.05, 0) is 30.9 Å². The maximum absolute atomic E-state index is 12.7. The largest absolute Gasteiger partial charge is 0.480 e. The molecule has 2 heterocycles. The van der Waals surface area contributed by atoms with E-state index in [1.807, 2.05) is 0 Å². The minimum atomic E-state index is -4.53. The molecule has 0 aliphatic carbocycles. The number of hydrogen-bond donors (Lipinski definition) is 1. The van der Waals surface area contributed by atoms with E-state index >= 15 is 0 Å². The predicted molar refractivity (Wildman–Crippen MR) is 66.4 cm³/mol. The second-order valence-corrected chi connectivity index (χ2v) is 4.97. The summed E-state index contributed by atoms with van der Waals surface area (Å²) in [5.41, 5.74) is -1.00. The number of aliphatic carboxylic acids is 1. The van der Waals surface area contributed by atoms with E-state index in [2.05, 4.69) is 4.98 Å². The monoisotopic (exact) mass is 288 g/mol. The molecule has 0 radical (unpaired) electrons. The molecule has 0 saturated carbocycles. The fourth-order valence-corrected chi connectivity index (χ4v) is 2.56. The molecule has 7 heteroatoms. The minimum Gasteiger partial charge on any atom is -0.480 e. The predicted octanol–water partition coefficient (Wildman–Crippen LogP) is 2.79. The third-order valence-electron chi connectivity index (χ3n) is 3.51. The highest BCUT2D eigenvalue weighted by Gasteiger charge is 2.37. The molecule has 1 aromatic rings. The molecule has 1 aliphatic heterocycles. The van der Waals surface area contributed by atoms with Crippen molar-refractivity contribution < 1.29 is 23.1 Å². The molecule has 0 aromatic carbocycles. The van der Waals surface area contributed by atoms with E-state index in [0.717, 1.165) is 18.9 Å². The van der Waals surface area contributed by atoms with Crippen molar-refractivity contribution in [3.8, 4) is 0 Å². The average molecular weight is 288 g/mol. The van der Waals surface area contributed by atoms with Gasteiger partial charge in [0.25, 0.3) is 0 Å². The first-order chi connectivity index (χ1) is 9.30. The van der Waals surface area contributed by atoms with Crippen LogP contribution in [0.3, 0.4) is 0 Å². The molecule has 1 fully saturated rings. The van der Waals surface area contributed by atoms with Gasteiger partial charge in [0.2, 0.25) is 0 Å². The summed E-state index contributed by atoms with van der Waals surface area (Å²) in [4.78, 5) is 16.4. The molecule has 20 heavy (non-hydrogen) atoms. The summed E-state index contributed by atoms with van der Waals surface area (Å²) in [5.74, 6) is -1.09. The van der Waals surface area contributed by atoms with Gasteiger partial charge >= 0.3 is 12.1 Å². The number of pyridine rings is 1. The molecular weight excluding hydrogens is 273 g/mol. The smallest absolute Gasteiger partial charge is 0.433 e. The molecule has 1 saturated heterocycles. The zero-order valence-corrected chi connectivity index (χ0v) is 10.9. The number of alkyl halides is 3. The third-order valence-corrected chi connectivity index (χ3v) is 3.51. The molecule has 1 aromatic heterocycles. The number of rotatable bonds is 2. The summed E-state index contributed by atoms with van der Waals surface area (Å²) in [6.45, 7) is 2.19. The first kappa shape index (κ1) is 14.6. The summed E-state index contributed by atoms with van der Waals surface area (Å²) >= 11 is 0. The number of hydrogen-bond acceptors (Lipinski definition) is 3. The van der Waals surface area contributed by atoms with E-state index in [4.69, 9.17) is 0 Å². The van der Waals surface area contributed by atoms with Gasteiger partial charge in [0.15, 0.2) is 0 Å². The lowest BCUT2D eigenvalue weighted by Gasteiger charge is -2.38. The summed E-state index contributed by atoms with van der Waals surface area (Å²) in [6, 6.07) is 2.72. The maximum Gasteiger partial charge on any atom is 0.433 e. The molecule has 4 nitrogen and oxygen atoms in total. The van der Waals surface area contributed by atoms with E-state index in [1.54, 1.807) is 6.92 Å². The number of carboxylic acids is 1. The van der Waals surface area contributed by atoms with Gasteiger partial charge in [-0.15, -0.1) is 0 Å². The molecule has 110 valence electrons. The van der Waals surface area contributed by atoms with Gasteiger partial charge in [-0.2, -0.15) is 13.2 Å². The number of carbonyl (C=O) groups is 1. The zero-order chi connectivity index (χ0) is 14.9. The number of halogens is 3. The zero-order valence-electron chi connectivity index (χ0n) is 10.9. The van der Waals surface area contributed by atoms with Crippen LogP contribution in [0.15, 0.2) is 18.2 Å². The fraction of sp³-hybridized carbons (Fsp3) is 0.538. The van der Waals surface area contributed by atoms with Crippen molar-refractivity contribution in [3.63, 3.8) is 0 Å². The number of nitrogens with zero attached hydrogens (tertiary/aromatic N) is 2. The Kier molecular flexibility index (Phi) is 3.87. The van der Waals surface area contributed by atoms with E-state index in [-0.39, 0.29) is 11.7 Å². The minimum absolute atomic E-state index is 0.0683. The molecule has 0 bridgehead atoms. The Morgan fingerprint density at radius 2 is 2.15 bits per heavy atom. The van der Waals surface area contributed by atoms with Crippen molar-refractivity contribution in [2.24, 2.45) is 5.92 Å². The fourth-order valence-electron chi connectivity index (χ4n) is 2.56. The maximum atomic E-state index is 12.7. The van der Waals surface area contributed by atoms with E-state index in [0.29, 0.717) is 6.54 Å². The molecule has 0 spiro atoms. The Labute approximate surface area is 114 Å². The Balaban J connectivity index is 2.36. The summed E-state index contributed by atoms with van der Waals surface area (Å²) < 4.78 is 38.0. The first-order valence-corrected chi connectivity index (χ1v) is 6.34. The Morgan fingerprint density at radius 1 is 1.45 bits per heavy atom. The summed E-state index contributed by atoms with van der Waals surface area (Å²) in [6.07, 6.45) is -3.05. The van der Waals surface area contributed by atoms with Crippen molar-refractivity contribution in [2.45, 2.75) is 32.0 Å². The van der Waals surface area contributed by atoms with E-state index < -0.39 is 23.9 Å². The van der Waals surface area contributed by atoms with Crippen molar-refractivity contribution in [2.75, 3.05) is 11.4 Å². The van der Waals surface area contributed by atoms with Crippen molar-refractivity contribution in [1.29, 1.82) is 0 Å². The van der Waals surface area contributed by atoms with Gasteiger partial charge in [0.05, 0.1) is 0 Å².